The van der Waals surface area contributed by atoms with Gasteiger partial charge in [-0.15, -0.1) is 0 Å². The molecule has 0 radical (unpaired) electrons. The third kappa shape index (κ3) is 6.67. The number of aromatic nitrogens is 2. The van der Waals surface area contributed by atoms with Crippen molar-refractivity contribution in [3.8, 4) is 11.4 Å². The fourth-order valence-corrected chi connectivity index (χ4v) is 4.38. The number of nitrogens with zero attached hydrogens (tertiary/aromatic N) is 3. The van der Waals surface area contributed by atoms with Crippen LogP contribution >= 0.6 is 0 Å². The van der Waals surface area contributed by atoms with Gasteiger partial charge in [-0.2, -0.15) is 5.10 Å². The van der Waals surface area contributed by atoms with Gasteiger partial charge in [0.15, 0.2) is 5.78 Å². The van der Waals surface area contributed by atoms with Crippen molar-refractivity contribution in [2.45, 2.75) is 6.54 Å². The standard InChI is InChI=1S/C31H30N4O4/c1-38-30-19-27(12-11-26(30)22-34-14-16-39-17-15-34)33-31(37)25-8-5-9-28(18-25)35-21-23(20-32-35)10-13-29(36)24-6-3-2-4-7-24/h2-13,18-21H,14-17,22H2,1H3,(H,33,37)/b13-10+. The van der Waals surface area contributed by atoms with Gasteiger partial charge in [0.2, 0.25) is 0 Å². The van der Waals surface area contributed by atoms with E-state index in [9.17, 15) is 9.59 Å². The first kappa shape index (κ1) is 26.1. The number of nitrogens with one attached hydrogen (secondary N) is 1. The van der Waals surface area contributed by atoms with Crippen LogP contribution < -0.4 is 10.1 Å². The van der Waals surface area contributed by atoms with Crippen LogP contribution in [-0.2, 0) is 11.3 Å². The SMILES string of the molecule is COc1cc(NC(=O)c2cccc(-n3cc(/C=C/C(=O)c4ccccc4)cn3)c2)ccc1CN1CCOCC1. The number of benzene rings is 3. The molecule has 5 rings (SSSR count). The first-order valence-corrected chi connectivity index (χ1v) is 12.8. The number of ketones is 1. The molecule has 0 unspecified atom stereocenters. The van der Waals surface area contributed by atoms with E-state index in [1.807, 2.05) is 54.7 Å². The van der Waals surface area contributed by atoms with E-state index in [2.05, 4.69) is 15.3 Å². The molecule has 1 aromatic heterocycles. The van der Waals surface area contributed by atoms with E-state index in [0.29, 0.717) is 16.8 Å². The molecule has 0 spiro atoms. The molecule has 0 saturated carbocycles. The van der Waals surface area contributed by atoms with Gasteiger partial charge in [-0.1, -0.05) is 42.5 Å². The number of anilines is 1. The number of methoxy groups -OCH3 is 1. The van der Waals surface area contributed by atoms with Crippen molar-refractivity contribution >= 4 is 23.5 Å². The zero-order valence-corrected chi connectivity index (χ0v) is 21.7. The summed E-state index contributed by atoms with van der Waals surface area (Å²) >= 11 is 0. The van der Waals surface area contributed by atoms with Crippen molar-refractivity contribution in [2.75, 3.05) is 38.7 Å². The van der Waals surface area contributed by atoms with E-state index in [0.717, 1.165) is 55.4 Å². The maximum Gasteiger partial charge on any atom is 0.255 e. The van der Waals surface area contributed by atoms with Gasteiger partial charge in [-0.3, -0.25) is 14.5 Å². The molecule has 0 atom stereocenters. The number of carbonyl (C=O) groups excluding carboxylic acids is 2. The van der Waals surface area contributed by atoms with Gasteiger partial charge < -0.3 is 14.8 Å². The smallest absolute Gasteiger partial charge is 0.255 e. The molecular weight excluding hydrogens is 492 g/mol. The van der Waals surface area contributed by atoms with Crippen LogP contribution in [0.4, 0.5) is 5.69 Å². The van der Waals surface area contributed by atoms with Crippen LogP contribution in [0.1, 0.15) is 31.8 Å². The summed E-state index contributed by atoms with van der Waals surface area (Å²) < 4.78 is 12.7. The number of morpholine rings is 1. The quantitative estimate of drug-likeness (QED) is 0.250. The Morgan fingerprint density at radius 3 is 2.59 bits per heavy atom. The molecule has 2 heterocycles. The Balaban J connectivity index is 1.25. The molecule has 1 aliphatic heterocycles. The lowest BCUT2D eigenvalue weighted by molar-refractivity contribution is 0.0339. The van der Waals surface area contributed by atoms with Crippen LogP contribution in [0.5, 0.6) is 5.75 Å². The number of hydrogen-bond acceptors (Lipinski definition) is 6. The van der Waals surface area contributed by atoms with Crippen LogP contribution in [0.25, 0.3) is 11.8 Å². The minimum absolute atomic E-state index is 0.0761. The Kier molecular flexibility index (Phi) is 8.26. The monoisotopic (exact) mass is 522 g/mol. The molecular formula is C31H30N4O4. The third-order valence-electron chi connectivity index (χ3n) is 6.50. The van der Waals surface area contributed by atoms with Gasteiger partial charge in [-0.05, 0) is 36.4 Å². The van der Waals surface area contributed by atoms with Crippen molar-refractivity contribution in [2.24, 2.45) is 0 Å². The molecule has 1 saturated heterocycles. The van der Waals surface area contributed by atoms with Crippen LogP contribution in [0, 0.1) is 0 Å². The zero-order valence-electron chi connectivity index (χ0n) is 21.7. The van der Waals surface area contributed by atoms with Crippen molar-refractivity contribution in [3.63, 3.8) is 0 Å². The molecule has 4 aromatic rings. The van der Waals surface area contributed by atoms with Gasteiger partial charge in [0.25, 0.3) is 5.91 Å². The Hall–Kier alpha value is -4.53. The Morgan fingerprint density at radius 1 is 1.00 bits per heavy atom. The van der Waals surface area contributed by atoms with Gasteiger partial charge >= 0.3 is 0 Å². The molecule has 0 bridgehead atoms. The van der Waals surface area contributed by atoms with Gasteiger partial charge in [0.05, 0.1) is 32.2 Å². The highest BCUT2D eigenvalue weighted by Gasteiger charge is 2.15. The molecule has 1 aliphatic rings. The lowest BCUT2D eigenvalue weighted by Crippen LogP contribution is -2.35. The molecule has 1 fully saturated rings. The van der Waals surface area contributed by atoms with Crippen molar-refractivity contribution in [1.29, 1.82) is 0 Å². The maximum atomic E-state index is 13.1. The number of hydrogen-bond donors (Lipinski definition) is 1. The lowest BCUT2D eigenvalue weighted by Gasteiger charge is -2.27. The molecule has 1 amide bonds. The highest BCUT2D eigenvalue weighted by atomic mass is 16.5. The average Bonchev–Trinajstić information content (AvgIpc) is 3.47. The molecule has 0 aliphatic carbocycles. The van der Waals surface area contributed by atoms with Crippen LogP contribution in [0.15, 0.2) is 91.3 Å². The summed E-state index contributed by atoms with van der Waals surface area (Å²) in [6, 6.07) is 22.0. The Bertz CT molecular complexity index is 1470. The second kappa shape index (κ2) is 12.3. The first-order chi connectivity index (χ1) is 19.1. The van der Waals surface area contributed by atoms with Crippen molar-refractivity contribution in [1.82, 2.24) is 14.7 Å². The van der Waals surface area contributed by atoms with E-state index in [-0.39, 0.29) is 11.7 Å². The number of rotatable bonds is 9. The van der Waals surface area contributed by atoms with E-state index >= 15 is 0 Å². The van der Waals surface area contributed by atoms with Gasteiger partial charge in [0.1, 0.15) is 5.75 Å². The fourth-order valence-electron chi connectivity index (χ4n) is 4.38. The molecule has 8 heteroatoms. The largest absolute Gasteiger partial charge is 0.496 e. The third-order valence-corrected chi connectivity index (χ3v) is 6.50. The molecule has 198 valence electrons. The average molecular weight is 523 g/mol. The Labute approximate surface area is 227 Å². The minimum Gasteiger partial charge on any atom is -0.496 e. The van der Waals surface area contributed by atoms with Crippen molar-refractivity contribution < 1.29 is 19.1 Å². The second-order valence-electron chi connectivity index (χ2n) is 9.20. The summed E-state index contributed by atoms with van der Waals surface area (Å²) in [6.45, 7) is 4.01. The predicted octanol–water partition coefficient (Wildman–Crippen LogP) is 4.86. The van der Waals surface area contributed by atoms with E-state index in [1.165, 1.54) is 6.08 Å². The molecule has 8 nitrogen and oxygen atoms in total. The maximum absolute atomic E-state index is 13.1. The van der Waals surface area contributed by atoms with Crippen LogP contribution in [0.3, 0.4) is 0 Å². The number of allylic oxidation sites excluding steroid dienone is 1. The number of carbonyl (C=O) groups is 2. The summed E-state index contributed by atoms with van der Waals surface area (Å²) in [5, 5.41) is 7.36. The molecule has 3 aromatic carbocycles. The summed E-state index contributed by atoms with van der Waals surface area (Å²) in [4.78, 5) is 27.7. The summed E-state index contributed by atoms with van der Waals surface area (Å²) in [5.41, 5.74) is 4.35. The highest BCUT2D eigenvalue weighted by molar-refractivity contribution is 6.06. The van der Waals surface area contributed by atoms with Gasteiger partial charge in [0, 0.05) is 59.8 Å². The normalized spacial score (nSPS) is 13.9. The van der Waals surface area contributed by atoms with E-state index in [4.69, 9.17) is 9.47 Å². The summed E-state index contributed by atoms with van der Waals surface area (Å²) in [7, 11) is 1.64. The summed E-state index contributed by atoms with van der Waals surface area (Å²) in [6.07, 6.45) is 6.74. The fraction of sp³-hybridized carbons (Fsp3) is 0.194. The first-order valence-electron chi connectivity index (χ1n) is 12.8. The highest BCUT2D eigenvalue weighted by Crippen LogP contribution is 2.25. The Morgan fingerprint density at radius 2 is 1.79 bits per heavy atom. The van der Waals surface area contributed by atoms with Crippen LogP contribution in [0.2, 0.25) is 0 Å². The van der Waals surface area contributed by atoms with Gasteiger partial charge in [-0.25, -0.2) is 4.68 Å². The molecule has 39 heavy (non-hydrogen) atoms. The van der Waals surface area contributed by atoms with Crippen LogP contribution in [-0.4, -0.2) is 59.8 Å². The lowest BCUT2D eigenvalue weighted by atomic mass is 10.1. The zero-order chi connectivity index (χ0) is 27.0. The number of ether oxygens (including phenoxy) is 2. The topological polar surface area (TPSA) is 85.7 Å². The second-order valence-corrected chi connectivity index (χ2v) is 9.20. The molecule has 1 N–H and O–H groups in total. The summed E-state index contributed by atoms with van der Waals surface area (Å²) in [5.74, 6) is 0.421. The minimum atomic E-state index is -0.236. The number of amides is 1. The van der Waals surface area contributed by atoms with E-state index < -0.39 is 0 Å². The van der Waals surface area contributed by atoms with E-state index in [1.54, 1.807) is 48.3 Å². The predicted molar refractivity (Wildman–Crippen MR) is 150 cm³/mol. The van der Waals surface area contributed by atoms with Crippen molar-refractivity contribution in [3.05, 3.63) is 114 Å².